The third-order valence-corrected chi connectivity index (χ3v) is 2.39. The summed E-state index contributed by atoms with van der Waals surface area (Å²) in [5, 5.41) is 0. The Morgan fingerprint density at radius 1 is 1.13 bits per heavy atom. The molecule has 0 amide bonds. The third-order valence-electron chi connectivity index (χ3n) is 2.39. The summed E-state index contributed by atoms with van der Waals surface area (Å²) in [4.78, 5) is 0. The van der Waals surface area contributed by atoms with Crippen LogP contribution in [0.2, 0.25) is 0 Å². The van der Waals surface area contributed by atoms with E-state index in [-0.39, 0.29) is 0 Å². The molecule has 0 unspecified atom stereocenters. The van der Waals surface area contributed by atoms with E-state index < -0.39 is 0 Å². The topological polar surface area (TPSA) is 26.3 Å². The fourth-order valence-electron chi connectivity index (χ4n) is 1.55. The largest absolute Gasteiger partial charge is 0.472 e. The molecule has 0 N–H and O–H groups in total. The van der Waals surface area contributed by atoms with Crippen LogP contribution < -0.4 is 0 Å². The van der Waals surface area contributed by atoms with Crippen LogP contribution in [0.4, 0.5) is 0 Å². The standard InChI is InChI=1S/C13H15O2/c1-2-3-4-5-12-6-7-13(15-12)11-8-9-14-10-11/h6-10H,1-5H2. The van der Waals surface area contributed by atoms with Gasteiger partial charge in [0, 0.05) is 6.42 Å². The molecular weight excluding hydrogens is 188 g/mol. The Morgan fingerprint density at radius 3 is 2.80 bits per heavy atom. The normalized spacial score (nSPS) is 10.7. The van der Waals surface area contributed by atoms with E-state index in [9.17, 15) is 0 Å². The van der Waals surface area contributed by atoms with Crippen LogP contribution >= 0.6 is 0 Å². The summed E-state index contributed by atoms with van der Waals surface area (Å²) in [5.41, 5.74) is 0.999. The Balaban J connectivity index is 1.98. The molecule has 2 rings (SSSR count). The maximum absolute atomic E-state index is 5.69. The molecule has 0 atom stereocenters. The van der Waals surface area contributed by atoms with Crippen molar-refractivity contribution in [1.82, 2.24) is 0 Å². The van der Waals surface area contributed by atoms with Crippen LogP contribution in [0.1, 0.15) is 25.0 Å². The van der Waals surface area contributed by atoms with Gasteiger partial charge in [0.15, 0.2) is 0 Å². The molecule has 2 aromatic rings. The van der Waals surface area contributed by atoms with Gasteiger partial charge >= 0.3 is 0 Å². The molecular formula is C13H15O2. The summed E-state index contributed by atoms with van der Waals surface area (Å²) in [6.45, 7) is 3.82. The van der Waals surface area contributed by atoms with Crippen LogP contribution in [-0.4, -0.2) is 0 Å². The van der Waals surface area contributed by atoms with Gasteiger partial charge in [0.25, 0.3) is 0 Å². The summed E-state index contributed by atoms with van der Waals surface area (Å²) < 4.78 is 10.7. The fourth-order valence-corrected chi connectivity index (χ4v) is 1.55. The summed E-state index contributed by atoms with van der Waals surface area (Å²) in [6.07, 6.45) is 7.63. The van der Waals surface area contributed by atoms with Gasteiger partial charge in [-0.2, -0.15) is 0 Å². The van der Waals surface area contributed by atoms with Gasteiger partial charge in [0.2, 0.25) is 0 Å². The first-order valence-electron chi connectivity index (χ1n) is 5.30. The quantitative estimate of drug-likeness (QED) is 0.684. The number of hydrogen-bond acceptors (Lipinski definition) is 2. The number of hydrogen-bond donors (Lipinski definition) is 0. The van der Waals surface area contributed by atoms with E-state index in [0.29, 0.717) is 0 Å². The predicted octanol–water partition coefficient (Wildman–Crippen LogP) is 4.09. The maximum atomic E-state index is 5.69. The van der Waals surface area contributed by atoms with Crippen molar-refractivity contribution in [2.24, 2.45) is 0 Å². The van der Waals surface area contributed by atoms with Gasteiger partial charge in [-0.05, 0) is 24.6 Å². The second-order valence-electron chi connectivity index (χ2n) is 3.59. The zero-order valence-corrected chi connectivity index (χ0v) is 8.74. The number of unbranched alkanes of at least 4 members (excludes halogenated alkanes) is 2. The molecule has 0 saturated carbocycles. The van der Waals surface area contributed by atoms with Crippen LogP contribution in [0.15, 0.2) is 39.6 Å². The Labute approximate surface area is 89.9 Å². The van der Waals surface area contributed by atoms with Gasteiger partial charge in [0.05, 0.1) is 11.8 Å². The zero-order chi connectivity index (χ0) is 10.5. The summed E-state index contributed by atoms with van der Waals surface area (Å²) in [5.74, 6) is 1.92. The molecule has 2 aromatic heterocycles. The van der Waals surface area contributed by atoms with Gasteiger partial charge in [-0.15, -0.1) is 0 Å². The highest BCUT2D eigenvalue weighted by Crippen LogP contribution is 2.23. The summed E-state index contributed by atoms with van der Waals surface area (Å²) >= 11 is 0. The Morgan fingerprint density at radius 2 is 2.07 bits per heavy atom. The van der Waals surface area contributed by atoms with E-state index in [1.165, 1.54) is 0 Å². The van der Waals surface area contributed by atoms with Crippen LogP contribution in [-0.2, 0) is 6.42 Å². The molecule has 2 heteroatoms. The molecule has 2 nitrogen and oxygen atoms in total. The van der Waals surface area contributed by atoms with E-state index in [1.807, 2.05) is 18.2 Å². The Kier molecular flexibility index (Phi) is 3.28. The highest BCUT2D eigenvalue weighted by atomic mass is 16.3. The highest BCUT2D eigenvalue weighted by Gasteiger charge is 2.05. The first-order chi connectivity index (χ1) is 7.40. The lowest BCUT2D eigenvalue weighted by atomic mass is 10.2. The minimum absolute atomic E-state index is 0.883. The summed E-state index contributed by atoms with van der Waals surface area (Å²) in [6, 6.07) is 5.92. The van der Waals surface area contributed by atoms with Gasteiger partial charge in [0.1, 0.15) is 17.8 Å². The minimum Gasteiger partial charge on any atom is -0.472 e. The van der Waals surface area contributed by atoms with E-state index >= 15 is 0 Å². The van der Waals surface area contributed by atoms with Gasteiger partial charge in [-0.1, -0.05) is 19.8 Å². The fraction of sp³-hybridized carbons (Fsp3) is 0.308. The van der Waals surface area contributed by atoms with E-state index in [4.69, 9.17) is 8.83 Å². The second kappa shape index (κ2) is 4.87. The first-order valence-corrected chi connectivity index (χ1v) is 5.30. The van der Waals surface area contributed by atoms with Crippen molar-refractivity contribution >= 4 is 0 Å². The van der Waals surface area contributed by atoms with Crippen molar-refractivity contribution in [2.45, 2.75) is 25.7 Å². The zero-order valence-electron chi connectivity index (χ0n) is 8.74. The Bertz CT molecular complexity index is 384. The van der Waals surface area contributed by atoms with Gasteiger partial charge < -0.3 is 8.83 Å². The average molecular weight is 203 g/mol. The van der Waals surface area contributed by atoms with E-state index in [1.54, 1.807) is 12.5 Å². The molecule has 2 heterocycles. The first kappa shape index (κ1) is 10.1. The van der Waals surface area contributed by atoms with Gasteiger partial charge in [-0.25, -0.2) is 0 Å². The molecule has 1 radical (unpaired) electrons. The van der Waals surface area contributed by atoms with Crippen LogP contribution in [0, 0.1) is 6.92 Å². The highest BCUT2D eigenvalue weighted by molar-refractivity contribution is 5.55. The lowest BCUT2D eigenvalue weighted by Crippen LogP contribution is -1.80. The van der Waals surface area contributed by atoms with E-state index in [0.717, 1.165) is 42.8 Å². The van der Waals surface area contributed by atoms with Crippen molar-refractivity contribution < 1.29 is 8.83 Å². The molecule has 0 aromatic carbocycles. The maximum Gasteiger partial charge on any atom is 0.137 e. The molecule has 0 aliphatic rings. The monoisotopic (exact) mass is 203 g/mol. The van der Waals surface area contributed by atoms with Crippen molar-refractivity contribution in [3.05, 3.63) is 43.4 Å². The summed E-state index contributed by atoms with van der Waals surface area (Å²) in [7, 11) is 0. The van der Waals surface area contributed by atoms with Crippen LogP contribution in [0.25, 0.3) is 11.3 Å². The number of rotatable bonds is 5. The smallest absolute Gasteiger partial charge is 0.137 e. The molecule has 0 saturated heterocycles. The number of furan rings is 2. The molecule has 0 aliphatic carbocycles. The minimum atomic E-state index is 0.883. The predicted molar refractivity (Wildman–Crippen MR) is 59.3 cm³/mol. The Hall–Kier alpha value is -1.44. The molecule has 0 bridgehead atoms. The van der Waals surface area contributed by atoms with Crippen LogP contribution in [0.3, 0.4) is 0 Å². The second-order valence-corrected chi connectivity index (χ2v) is 3.59. The molecule has 79 valence electrons. The lowest BCUT2D eigenvalue weighted by molar-refractivity contribution is 0.508. The molecule has 15 heavy (non-hydrogen) atoms. The number of aryl methyl sites for hydroxylation is 1. The molecule has 0 aliphatic heterocycles. The van der Waals surface area contributed by atoms with Crippen molar-refractivity contribution in [3.63, 3.8) is 0 Å². The SMILES string of the molecule is [CH2]CCCCc1ccc(-c2ccoc2)o1. The van der Waals surface area contributed by atoms with Crippen molar-refractivity contribution in [3.8, 4) is 11.3 Å². The van der Waals surface area contributed by atoms with Gasteiger partial charge in [-0.3, -0.25) is 0 Å². The van der Waals surface area contributed by atoms with Crippen molar-refractivity contribution in [2.75, 3.05) is 0 Å². The third kappa shape index (κ3) is 2.52. The lowest BCUT2D eigenvalue weighted by Gasteiger charge is -1.95. The van der Waals surface area contributed by atoms with E-state index in [2.05, 4.69) is 6.92 Å². The van der Waals surface area contributed by atoms with Crippen molar-refractivity contribution in [1.29, 1.82) is 0 Å². The molecule has 0 spiro atoms. The average Bonchev–Trinajstić information content (AvgIpc) is 2.87. The van der Waals surface area contributed by atoms with Crippen LogP contribution in [0.5, 0.6) is 0 Å². The molecule has 0 fully saturated rings.